The van der Waals surface area contributed by atoms with Gasteiger partial charge in [-0.05, 0) is 43.4 Å². The highest BCUT2D eigenvalue weighted by molar-refractivity contribution is 5.85. The fourth-order valence-corrected chi connectivity index (χ4v) is 4.34. The van der Waals surface area contributed by atoms with Crippen LogP contribution in [0.3, 0.4) is 0 Å². The third kappa shape index (κ3) is 5.59. The molecule has 1 saturated carbocycles. The molecule has 2 rings (SSSR count). The molecule has 0 aromatic carbocycles. The van der Waals surface area contributed by atoms with Gasteiger partial charge in [-0.1, -0.05) is 34.1 Å². The van der Waals surface area contributed by atoms with Crippen molar-refractivity contribution in [2.24, 2.45) is 23.2 Å². The predicted molar refractivity (Wildman–Crippen MR) is 107 cm³/mol. The lowest BCUT2D eigenvalue weighted by molar-refractivity contribution is -0.149. The molecule has 0 unspecified atom stereocenters. The van der Waals surface area contributed by atoms with Gasteiger partial charge >= 0.3 is 5.97 Å². The molecule has 1 aliphatic heterocycles. The van der Waals surface area contributed by atoms with Gasteiger partial charge in [0.2, 0.25) is 5.91 Å². The lowest BCUT2D eigenvalue weighted by Crippen LogP contribution is -2.42. The maximum Gasteiger partial charge on any atom is 0.311 e. The fourth-order valence-electron chi connectivity index (χ4n) is 4.34. The Kier molecular flexibility index (Phi) is 8.87. The third-order valence-electron chi connectivity index (χ3n) is 6.03. The van der Waals surface area contributed by atoms with Crippen LogP contribution in [-0.4, -0.2) is 59.5 Å². The molecular formula is C20H37ClN2O3. The highest BCUT2D eigenvalue weighted by atomic mass is 35.5. The van der Waals surface area contributed by atoms with Crippen LogP contribution in [0.5, 0.6) is 0 Å². The first kappa shape index (κ1) is 23.2. The Morgan fingerprint density at radius 3 is 2.19 bits per heavy atom. The summed E-state index contributed by atoms with van der Waals surface area (Å²) in [6, 6.07) is 0. The lowest BCUT2D eigenvalue weighted by atomic mass is 9.81. The Hall–Kier alpha value is -0.810. The number of carboxylic acid groups (broad SMARTS) is 1. The van der Waals surface area contributed by atoms with Gasteiger partial charge in [-0.15, -0.1) is 12.4 Å². The maximum absolute atomic E-state index is 12.9. The summed E-state index contributed by atoms with van der Waals surface area (Å²) in [5.74, 6) is 0.882. The van der Waals surface area contributed by atoms with Crippen LogP contribution in [-0.2, 0) is 9.59 Å². The predicted octanol–water partition coefficient (Wildman–Crippen LogP) is 3.52. The molecule has 6 heteroatoms. The molecule has 0 aromatic heterocycles. The van der Waals surface area contributed by atoms with Crippen LogP contribution in [0.1, 0.15) is 59.8 Å². The summed E-state index contributed by atoms with van der Waals surface area (Å²) >= 11 is 0. The number of hydrogen-bond donors (Lipinski definition) is 1. The minimum absolute atomic E-state index is 0. The number of carboxylic acids is 1. The van der Waals surface area contributed by atoms with Crippen LogP contribution < -0.4 is 0 Å². The number of nitrogens with zero attached hydrogens (tertiary/aromatic N) is 2. The molecule has 1 aliphatic carbocycles. The van der Waals surface area contributed by atoms with Crippen molar-refractivity contribution in [3.8, 4) is 0 Å². The Balaban J connectivity index is 0.00000338. The van der Waals surface area contributed by atoms with E-state index in [1.807, 2.05) is 4.90 Å². The molecule has 1 amide bonds. The molecule has 2 aliphatic rings. The van der Waals surface area contributed by atoms with E-state index in [1.54, 1.807) is 0 Å². The Bertz CT molecular complexity index is 472. The second kappa shape index (κ2) is 9.93. The van der Waals surface area contributed by atoms with E-state index < -0.39 is 11.4 Å². The number of amides is 1. The van der Waals surface area contributed by atoms with Crippen molar-refractivity contribution < 1.29 is 14.7 Å². The van der Waals surface area contributed by atoms with Gasteiger partial charge < -0.3 is 10.0 Å². The first-order valence-corrected chi connectivity index (χ1v) is 9.98. The summed E-state index contributed by atoms with van der Waals surface area (Å²) in [6.45, 7) is 12.0. The van der Waals surface area contributed by atoms with Crippen molar-refractivity contribution in [2.75, 3.05) is 32.7 Å². The van der Waals surface area contributed by atoms with Crippen molar-refractivity contribution in [3.05, 3.63) is 0 Å². The first-order valence-electron chi connectivity index (χ1n) is 9.98. The van der Waals surface area contributed by atoms with E-state index in [-0.39, 0.29) is 24.2 Å². The number of fused-ring (bicyclic) bond motifs is 1. The van der Waals surface area contributed by atoms with Gasteiger partial charge in [0.25, 0.3) is 0 Å². The minimum Gasteiger partial charge on any atom is -0.481 e. The zero-order valence-electron chi connectivity index (χ0n) is 16.9. The van der Waals surface area contributed by atoms with Gasteiger partial charge in [-0.25, -0.2) is 0 Å². The average molecular weight is 389 g/mol. The molecule has 26 heavy (non-hydrogen) atoms. The normalized spacial score (nSPS) is 25.4. The highest BCUT2D eigenvalue weighted by Crippen LogP contribution is 2.48. The number of halogens is 1. The van der Waals surface area contributed by atoms with E-state index in [0.717, 1.165) is 51.7 Å². The highest BCUT2D eigenvalue weighted by Gasteiger charge is 2.54. The Labute approximate surface area is 164 Å². The van der Waals surface area contributed by atoms with Gasteiger partial charge in [-0.3, -0.25) is 14.5 Å². The average Bonchev–Trinajstić information content (AvgIpc) is 3.04. The summed E-state index contributed by atoms with van der Waals surface area (Å²) in [7, 11) is 0. The molecule has 0 bridgehead atoms. The quantitative estimate of drug-likeness (QED) is 0.656. The molecule has 0 spiro atoms. The number of hydrogen-bond acceptors (Lipinski definition) is 3. The maximum atomic E-state index is 12.9. The number of aliphatic carboxylic acids is 1. The van der Waals surface area contributed by atoms with Crippen LogP contribution in [0.2, 0.25) is 0 Å². The number of rotatable bonds is 9. The fraction of sp³-hybridized carbons (Fsp3) is 0.900. The van der Waals surface area contributed by atoms with E-state index in [1.165, 1.54) is 0 Å². The number of carbonyl (C=O) groups excluding carboxylic acids is 1. The molecule has 0 aromatic rings. The smallest absolute Gasteiger partial charge is 0.311 e. The van der Waals surface area contributed by atoms with Crippen LogP contribution in [0.15, 0.2) is 0 Å². The molecule has 152 valence electrons. The van der Waals surface area contributed by atoms with Crippen LogP contribution in [0.25, 0.3) is 0 Å². The number of likely N-dealkylation sites (tertiary alicyclic amines) is 1. The van der Waals surface area contributed by atoms with Gasteiger partial charge in [0, 0.05) is 26.2 Å². The standard InChI is InChI=1S/C20H36N2O3.ClH/c1-15(2)7-10-22(11-8-16(3)4)18(23)13-21-12-17-6-5-9-20(17,14-21)19(24)25;/h15-17H,5-14H2,1-4H3,(H,24,25);1H/t17-,20+;/m0./s1. The number of carbonyl (C=O) groups is 2. The van der Waals surface area contributed by atoms with Crippen molar-refractivity contribution in [2.45, 2.75) is 59.8 Å². The van der Waals surface area contributed by atoms with Crippen LogP contribution in [0.4, 0.5) is 0 Å². The van der Waals surface area contributed by atoms with E-state index in [2.05, 4.69) is 32.6 Å². The van der Waals surface area contributed by atoms with Crippen molar-refractivity contribution >= 4 is 24.3 Å². The van der Waals surface area contributed by atoms with Crippen LogP contribution >= 0.6 is 12.4 Å². The Morgan fingerprint density at radius 2 is 1.73 bits per heavy atom. The SMILES string of the molecule is CC(C)CCN(CCC(C)C)C(=O)CN1C[C@@H]2CCC[C@@]2(C(=O)O)C1.Cl. The second-order valence-electron chi connectivity index (χ2n) is 8.97. The molecule has 2 atom stereocenters. The first-order chi connectivity index (χ1) is 11.7. The molecule has 0 radical (unpaired) electrons. The summed E-state index contributed by atoms with van der Waals surface area (Å²) in [5.41, 5.74) is -0.596. The van der Waals surface area contributed by atoms with E-state index in [0.29, 0.717) is 24.9 Å². The largest absolute Gasteiger partial charge is 0.481 e. The van der Waals surface area contributed by atoms with Gasteiger partial charge in [-0.2, -0.15) is 0 Å². The monoisotopic (exact) mass is 388 g/mol. The van der Waals surface area contributed by atoms with Crippen LogP contribution in [0, 0.1) is 23.2 Å². The van der Waals surface area contributed by atoms with Gasteiger partial charge in [0.05, 0.1) is 12.0 Å². The summed E-state index contributed by atoms with van der Waals surface area (Å²) < 4.78 is 0. The third-order valence-corrected chi connectivity index (χ3v) is 6.03. The topological polar surface area (TPSA) is 60.9 Å². The van der Waals surface area contributed by atoms with Crippen molar-refractivity contribution in [1.82, 2.24) is 9.80 Å². The van der Waals surface area contributed by atoms with E-state index in [9.17, 15) is 14.7 Å². The zero-order chi connectivity index (χ0) is 18.6. The molecular weight excluding hydrogens is 352 g/mol. The molecule has 1 heterocycles. The molecule has 5 nitrogen and oxygen atoms in total. The van der Waals surface area contributed by atoms with E-state index in [4.69, 9.17) is 0 Å². The van der Waals surface area contributed by atoms with Gasteiger partial charge in [0.15, 0.2) is 0 Å². The minimum atomic E-state index is -0.665. The summed E-state index contributed by atoms with van der Waals surface area (Å²) in [5, 5.41) is 9.70. The van der Waals surface area contributed by atoms with Crippen molar-refractivity contribution in [3.63, 3.8) is 0 Å². The van der Waals surface area contributed by atoms with E-state index >= 15 is 0 Å². The summed E-state index contributed by atoms with van der Waals surface area (Å²) in [6.07, 6.45) is 4.80. The second-order valence-corrected chi connectivity index (χ2v) is 8.97. The Morgan fingerprint density at radius 1 is 1.15 bits per heavy atom. The zero-order valence-corrected chi connectivity index (χ0v) is 17.7. The molecule has 2 fully saturated rings. The van der Waals surface area contributed by atoms with Gasteiger partial charge in [0.1, 0.15) is 0 Å². The van der Waals surface area contributed by atoms with Crippen molar-refractivity contribution in [1.29, 1.82) is 0 Å². The summed E-state index contributed by atoms with van der Waals surface area (Å²) in [4.78, 5) is 28.8. The molecule has 1 N–H and O–H groups in total. The lowest BCUT2D eigenvalue weighted by Gasteiger charge is -2.28. The molecule has 1 saturated heterocycles.